The van der Waals surface area contributed by atoms with Crippen LogP contribution in [0.25, 0.3) is 0 Å². The molecule has 3 rings (SSSR count). The normalized spacial score (nSPS) is 16.7. The van der Waals surface area contributed by atoms with E-state index in [-0.39, 0.29) is 11.9 Å². The van der Waals surface area contributed by atoms with Gasteiger partial charge in [-0.15, -0.1) is 0 Å². The van der Waals surface area contributed by atoms with E-state index in [0.717, 1.165) is 18.9 Å². The first-order valence-electron chi connectivity index (χ1n) is 8.02. The minimum Gasteiger partial charge on any atom is -0.357 e. The zero-order valence-corrected chi connectivity index (χ0v) is 13.2. The van der Waals surface area contributed by atoms with Gasteiger partial charge >= 0.3 is 0 Å². The predicted molar refractivity (Wildman–Crippen MR) is 85.1 cm³/mol. The third-order valence-electron chi connectivity index (χ3n) is 4.05. The van der Waals surface area contributed by atoms with Gasteiger partial charge in [0.25, 0.3) is 5.91 Å². The SMILES string of the molecule is CC(NC(=O)c1ccc(N2CCCCCC2)nc1)c1ncon1. The maximum absolute atomic E-state index is 12.2. The van der Waals surface area contributed by atoms with Crippen LogP contribution in [-0.4, -0.2) is 34.1 Å². The number of nitrogens with zero attached hydrogens (tertiary/aromatic N) is 4. The van der Waals surface area contributed by atoms with Crippen LogP contribution in [0.15, 0.2) is 29.2 Å². The number of carbonyl (C=O) groups excluding carboxylic acids is 1. The van der Waals surface area contributed by atoms with Gasteiger partial charge in [0.05, 0.1) is 11.6 Å². The van der Waals surface area contributed by atoms with Gasteiger partial charge in [-0.25, -0.2) is 4.98 Å². The average Bonchev–Trinajstić information content (AvgIpc) is 2.98. The fourth-order valence-electron chi connectivity index (χ4n) is 2.72. The van der Waals surface area contributed by atoms with Crippen molar-refractivity contribution in [3.63, 3.8) is 0 Å². The van der Waals surface area contributed by atoms with E-state index in [4.69, 9.17) is 0 Å². The lowest BCUT2D eigenvalue weighted by molar-refractivity contribution is 0.0937. The van der Waals surface area contributed by atoms with Gasteiger partial charge in [0.2, 0.25) is 6.39 Å². The molecule has 1 fully saturated rings. The quantitative estimate of drug-likeness (QED) is 0.932. The highest BCUT2D eigenvalue weighted by Gasteiger charge is 2.16. The second-order valence-electron chi connectivity index (χ2n) is 5.79. The Bertz CT molecular complexity index is 618. The monoisotopic (exact) mass is 315 g/mol. The Morgan fingerprint density at radius 2 is 2.00 bits per heavy atom. The van der Waals surface area contributed by atoms with Crippen molar-refractivity contribution in [2.45, 2.75) is 38.6 Å². The van der Waals surface area contributed by atoms with Gasteiger partial charge in [-0.05, 0) is 31.9 Å². The molecule has 0 bridgehead atoms. The second-order valence-corrected chi connectivity index (χ2v) is 5.79. The third kappa shape index (κ3) is 3.85. The molecule has 7 nitrogen and oxygen atoms in total. The molecule has 0 spiro atoms. The highest BCUT2D eigenvalue weighted by molar-refractivity contribution is 5.94. The molecular weight excluding hydrogens is 294 g/mol. The molecule has 1 unspecified atom stereocenters. The summed E-state index contributed by atoms with van der Waals surface area (Å²) in [5, 5.41) is 6.55. The molecule has 1 amide bonds. The molecule has 1 N–H and O–H groups in total. The van der Waals surface area contributed by atoms with Crippen LogP contribution >= 0.6 is 0 Å². The first-order valence-corrected chi connectivity index (χ1v) is 8.02. The number of amides is 1. The number of anilines is 1. The van der Waals surface area contributed by atoms with Crippen LogP contribution in [0.4, 0.5) is 5.82 Å². The van der Waals surface area contributed by atoms with Crippen LogP contribution in [0.5, 0.6) is 0 Å². The molecule has 1 aliphatic rings. The summed E-state index contributed by atoms with van der Waals surface area (Å²) in [6.45, 7) is 3.88. The van der Waals surface area contributed by atoms with E-state index in [1.807, 2.05) is 19.1 Å². The van der Waals surface area contributed by atoms with E-state index < -0.39 is 0 Å². The Morgan fingerprint density at radius 3 is 2.61 bits per heavy atom. The molecule has 3 heterocycles. The highest BCUT2D eigenvalue weighted by atomic mass is 16.5. The van der Waals surface area contributed by atoms with Gasteiger partial charge in [-0.1, -0.05) is 18.0 Å². The number of hydrogen-bond donors (Lipinski definition) is 1. The number of nitrogens with one attached hydrogen (secondary N) is 1. The standard InChI is InChI=1S/C16H21N5O2/c1-12(15-18-11-23-20-15)19-16(22)13-6-7-14(17-10-13)21-8-4-2-3-5-9-21/h6-7,10-12H,2-5,8-9H2,1H3,(H,19,22). The van der Waals surface area contributed by atoms with E-state index in [2.05, 4.69) is 29.9 Å². The van der Waals surface area contributed by atoms with E-state index >= 15 is 0 Å². The van der Waals surface area contributed by atoms with E-state index in [9.17, 15) is 4.79 Å². The van der Waals surface area contributed by atoms with Crippen LogP contribution in [0.3, 0.4) is 0 Å². The van der Waals surface area contributed by atoms with Gasteiger partial charge in [0.1, 0.15) is 5.82 Å². The molecular formula is C16H21N5O2. The largest absolute Gasteiger partial charge is 0.357 e. The zero-order chi connectivity index (χ0) is 16.1. The van der Waals surface area contributed by atoms with E-state index in [1.165, 1.54) is 32.1 Å². The molecule has 7 heteroatoms. The lowest BCUT2D eigenvalue weighted by Crippen LogP contribution is -2.28. The fraction of sp³-hybridized carbons (Fsp3) is 0.500. The van der Waals surface area contributed by atoms with Crippen molar-refractivity contribution in [2.75, 3.05) is 18.0 Å². The van der Waals surface area contributed by atoms with Gasteiger partial charge in [0.15, 0.2) is 5.82 Å². The lowest BCUT2D eigenvalue weighted by Gasteiger charge is -2.21. The molecule has 122 valence electrons. The Labute approximate surface area is 135 Å². The lowest BCUT2D eigenvalue weighted by atomic mass is 10.2. The maximum Gasteiger partial charge on any atom is 0.253 e. The first kappa shape index (κ1) is 15.5. The third-order valence-corrected chi connectivity index (χ3v) is 4.05. The topological polar surface area (TPSA) is 84.2 Å². The molecule has 1 aliphatic heterocycles. The van der Waals surface area contributed by atoms with Gasteiger partial charge in [-0.2, -0.15) is 4.98 Å². The Morgan fingerprint density at radius 1 is 1.22 bits per heavy atom. The van der Waals surface area contributed by atoms with Crippen molar-refractivity contribution in [1.82, 2.24) is 20.4 Å². The molecule has 0 aliphatic carbocycles. The van der Waals surface area contributed by atoms with Crippen LogP contribution in [0.1, 0.15) is 54.8 Å². The van der Waals surface area contributed by atoms with Crippen molar-refractivity contribution in [1.29, 1.82) is 0 Å². The summed E-state index contributed by atoms with van der Waals surface area (Å²) >= 11 is 0. The zero-order valence-electron chi connectivity index (χ0n) is 13.2. The van der Waals surface area contributed by atoms with Crippen molar-refractivity contribution < 1.29 is 9.32 Å². The minimum atomic E-state index is -0.313. The van der Waals surface area contributed by atoms with E-state index in [0.29, 0.717) is 11.4 Å². The van der Waals surface area contributed by atoms with Crippen LogP contribution in [-0.2, 0) is 0 Å². The van der Waals surface area contributed by atoms with Crippen molar-refractivity contribution in [3.05, 3.63) is 36.1 Å². The number of pyridine rings is 1. The van der Waals surface area contributed by atoms with Crippen LogP contribution in [0.2, 0.25) is 0 Å². The highest BCUT2D eigenvalue weighted by Crippen LogP contribution is 2.17. The maximum atomic E-state index is 12.2. The Hall–Kier alpha value is -2.44. The van der Waals surface area contributed by atoms with Gasteiger partial charge in [0, 0.05) is 19.3 Å². The number of aromatic nitrogens is 3. The molecule has 1 saturated heterocycles. The summed E-state index contributed by atoms with van der Waals surface area (Å²) in [5.41, 5.74) is 0.527. The van der Waals surface area contributed by atoms with Gasteiger partial charge < -0.3 is 14.7 Å². The molecule has 2 aromatic heterocycles. The van der Waals surface area contributed by atoms with E-state index in [1.54, 1.807) is 6.20 Å². The molecule has 0 saturated carbocycles. The first-order chi connectivity index (χ1) is 11.2. The summed E-state index contributed by atoms with van der Waals surface area (Å²) in [6.07, 6.45) is 7.84. The summed E-state index contributed by atoms with van der Waals surface area (Å²) in [4.78, 5) is 22.9. The number of rotatable bonds is 4. The number of hydrogen-bond acceptors (Lipinski definition) is 6. The molecule has 23 heavy (non-hydrogen) atoms. The number of carbonyl (C=O) groups is 1. The molecule has 1 atom stereocenters. The second kappa shape index (κ2) is 7.21. The minimum absolute atomic E-state index is 0.197. The Kier molecular flexibility index (Phi) is 4.85. The van der Waals surface area contributed by atoms with Crippen LogP contribution in [0, 0.1) is 0 Å². The van der Waals surface area contributed by atoms with Crippen molar-refractivity contribution in [2.24, 2.45) is 0 Å². The fourth-order valence-corrected chi connectivity index (χ4v) is 2.72. The van der Waals surface area contributed by atoms with Gasteiger partial charge in [-0.3, -0.25) is 4.79 Å². The van der Waals surface area contributed by atoms with Crippen molar-refractivity contribution >= 4 is 11.7 Å². The average molecular weight is 315 g/mol. The summed E-state index contributed by atoms with van der Waals surface area (Å²) < 4.78 is 4.69. The van der Waals surface area contributed by atoms with Crippen molar-refractivity contribution in [3.8, 4) is 0 Å². The Balaban J connectivity index is 1.63. The molecule has 2 aromatic rings. The predicted octanol–water partition coefficient (Wildman–Crippen LogP) is 2.34. The molecule has 0 radical (unpaired) electrons. The smallest absolute Gasteiger partial charge is 0.253 e. The summed E-state index contributed by atoms with van der Waals surface area (Å²) in [7, 11) is 0. The molecule has 0 aromatic carbocycles. The van der Waals surface area contributed by atoms with Crippen LogP contribution < -0.4 is 10.2 Å². The summed E-state index contributed by atoms with van der Waals surface area (Å²) in [5.74, 6) is 1.19. The summed E-state index contributed by atoms with van der Waals surface area (Å²) in [6, 6.07) is 3.41.